The Kier molecular flexibility index (Phi) is 8.90. The number of benzene rings is 2. The van der Waals surface area contributed by atoms with Gasteiger partial charge in [-0.1, -0.05) is 64.4 Å². The summed E-state index contributed by atoms with van der Waals surface area (Å²) in [4.78, 5) is 42.7. The molecule has 7 nitrogen and oxygen atoms in total. The minimum absolute atomic E-state index is 0.0235. The molecular weight excluding hydrogens is 440 g/mol. The summed E-state index contributed by atoms with van der Waals surface area (Å²) in [7, 11) is 0. The lowest BCUT2D eigenvalue weighted by molar-refractivity contribution is -0.136. The summed E-state index contributed by atoms with van der Waals surface area (Å²) in [6, 6.07) is 15.8. The summed E-state index contributed by atoms with van der Waals surface area (Å²) in [6.45, 7) is 11.5. The Hall–Kier alpha value is -3.35. The zero-order valence-electron chi connectivity index (χ0n) is 21.5. The van der Waals surface area contributed by atoms with Crippen LogP contribution in [-0.4, -0.2) is 59.4 Å². The van der Waals surface area contributed by atoms with E-state index in [0.717, 1.165) is 6.42 Å². The molecule has 3 atom stereocenters. The van der Waals surface area contributed by atoms with Crippen LogP contribution in [0.1, 0.15) is 62.9 Å². The summed E-state index contributed by atoms with van der Waals surface area (Å²) in [5, 5.41) is 5.75. The maximum absolute atomic E-state index is 13.5. The van der Waals surface area contributed by atoms with Gasteiger partial charge in [0, 0.05) is 36.9 Å². The van der Waals surface area contributed by atoms with E-state index in [1.54, 1.807) is 4.90 Å². The van der Waals surface area contributed by atoms with Gasteiger partial charge in [-0.05, 0) is 48.6 Å². The van der Waals surface area contributed by atoms with Crippen molar-refractivity contribution in [2.75, 3.05) is 25.0 Å². The monoisotopic (exact) mass is 478 g/mol. The standard InChI is InChI=1S/C28H38N4O3/c1-6-20(4)25(30-28(35)29-24-14-12-22(13-15-24)19(2)3)27(34)31-16-17-32(21(5)18-31)26(33)23-10-8-7-9-11-23/h7-15,19-21,25H,6,16-18H2,1-5H3,(H2,29,30,35). The second-order valence-electron chi connectivity index (χ2n) is 9.74. The number of rotatable bonds is 7. The molecule has 2 aromatic rings. The van der Waals surface area contributed by atoms with E-state index in [1.807, 2.05) is 80.3 Å². The fraction of sp³-hybridized carbons (Fsp3) is 0.464. The Morgan fingerprint density at radius 1 is 0.971 bits per heavy atom. The maximum Gasteiger partial charge on any atom is 0.319 e. The molecule has 1 aliphatic rings. The fourth-order valence-corrected chi connectivity index (χ4v) is 4.35. The zero-order chi connectivity index (χ0) is 25.5. The van der Waals surface area contributed by atoms with Gasteiger partial charge in [0.2, 0.25) is 5.91 Å². The SMILES string of the molecule is CCC(C)C(NC(=O)Nc1ccc(C(C)C)cc1)C(=O)N1CCN(C(=O)c2ccccc2)C(C)C1. The van der Waals surface area contributed by atoms with Crippen LogP contribution in [0.5, 0.6) is 0 Å². The number of nitrogens with one attached hydrogen (secondary N) is 2. The number of carbonyl (C=O) groups excluding carboxylic acids is 3. The lowest BCUT2D eigenvalue weighted by Gasteiger charge is -2.41. The maximum atomic E-state index is 13.5. The molecule has 0 bridgehead atoms. The molecule has 1 heterocycles. The van der Waals surface area contributed by atoms with E-state index < -0.39 is 12.1 Å². The van der Waals surface area contributed by atoms with Crippen LogP contribution in [0.25, 0.3) is 0 Å². The molecule has 4 amide bonds. The first-order valence-corrected chi connectivity index (χ1v) is 12.5. The van der Waals surface area contributed by atoms with Gasteiger partial charge in [-0.3, -0.25) is 9.59 Å². The number of hydrogen-bond acceptors (Lipinski definition) is 3. The third kappa shape index (κ3) is 6.62. The molecule has 2 aromatic carbocycles. The van der Waals surface area contributed by atoms with Crippen molar-refractivity contribution < 1.29 is 14.4 Å². The van der Waals surface area contributed by atoms with Crippen molar-refractivity contribution in [2.24, 2.45) is 5.92 Å². The number of nitrogens with zero attached hydrogens (tertiary/aromatic N) is 2. The molecule has 35 heavy (non-hydrogen) atoms. The summed E-state index contributed by atoms with van der Waals surface area (Å²) < 4.78 is 0. The van der Waals surface area contributed by atoms with Gasteiger partial charge in [0.15, 0.2) is 0 Å². The van der Waals surface area contributed by atoms with Crippen LogP contribution in [-0.2, 0) is 4.79 Å². The molecule has 1 fully saturated rings. The Morgan fingerprint density at radius 2 is 1.63 bits per heavy atom. The molecule has 2 N–H and O–H groups in total. The lowest BCUT2D eigenvalue weighted by Crippen LogP contribution is -2.60. The number of hydrogen-bond donors (Lipinski definition) is 2. The predicted octanol–water partition coefficient (Wildman–Crippen LogP) is 4.72. The highest BCUT2D eigenvalue weighted by atomic mass is 16.2. The summed E-state index contributed by atoms with van der Waals surface area (Å²) in [5.41, 5.74) is 2.53. The van der Waals surface area contributed by atoms with Crippen molar-refractivity contribution in [3.8, 4) is 0 Å². The number of amides is 4. The van der Waals surface area contributed by atoms with Crippen molar-refractivity contribution in [2.45, 2.75) is 59.0 Å². The highest BCUT2D eigenvalue weighted by molar-refractivity contribution is 5.95. The van der Waals surface area contributed by atoms with Gasteiger partial charge in [-0.25, -0.2) is 4.79 Å². The minimum atomic E-state index is -0.640. The number of urea groups is 1. The van der Waals surface area contributed by atoms with Gasteiger partial charge in [0.1, 0.15) is 6.04 Å². The quantitative estimate of drug-likeness (QED) is 0.604. The first-order valence-electron chi connectivity index (χ1n) is 12.5. The van der Waals surface area contributed by atoms with Crippen molar-refractivity contribution in [1.82, 2.24) is 15.1 Å². The Balaban J connectivity index is 1.63. The van der Waals surface area contributed by atoms with E-state index >= 15 is 0 Å². The van der Waals surface area contributed by atoms with Gasteiger partial charge in [-0.15, -0.1) is 0 Å². The van der Waals surface area contributed by atoms with Gasteiger partial charge in [-0.2, -0.15) is 0 Å². The van der Waals surface area contributed by atoms with Gasteiger partial charge in [0.05, 0.1) is 0 Å². The molecule has 0 radical (unpaired) electrons. The molecule has 1 aliphatic heterocycles. The first kappa shape index (κ1) is 26.3. The van der Waals surface area contributed by atoms with E-state index in [-0.39, 0.29) is 23.8 Å². The molecule has 0 saturated carbocycles. The van der Waals surface area contributed by atoms with E-state index in [1.165, 1.54) is 5.56 Å². The van der Waals surface area contributed by atoms with Gasteiger partial charge in [0.25, 0.3) is 5.91 Å². The van der Waals surface area contributed by atoms with Crippen LogP contribution in [0.2, 0.25) is 0 Å². The second-order valence-corrected chi connectivity index (χ2v) is 9.74. The highest BCUT2D eigenvalue weighted by Crippen LogP contribution is 2.19. The van der Waals surface area contributed by atoms with Crippen molar-refractivity contribution >= 4 is 23.5 Å². The van der Waals surface area contributed by atoms with Crippen molar-refractivity contribution in [3.05, 3.63) is 65.7 Å². The van der Waals surface area contributed by atoms with Gasteiger partial charge < -0.3 is 20.4 Å². The molecule has 0 aliphatic carbocycles. The topological polar surface area (TPSA) is 81.8 Å². The van der Waals surface area contributed by atoms with Crippen molar-refractivity contribution in [3.63, 3.8) is 0 Å². The summed E-state index contributed by atoms with van der Waals surface area (Å²) in [6.07, 6.45) is 0.752. The summed E-state index contributed by atoms with van der Waals surface area (Å²) in [5.74, 6) is 0.250. The van der Waals surface area contributed by atoms with Gasteiger partial charge >= 0.3 is 6.03 Å². The number of piperazine rings is 1. The molecule has 188 valence electrons. The average molecular weight is 479 g/mol. The lowest BCUT2D eigenvalue weighted by atomic mass is 9.97. The molecule has 0 aromatic heterocycles. The zero-order valence-corrected chi connectivity index (χ0v) is 21.5. The smallest absolute Gasteiger partial charge is 0.319 e. The Bertz CT molecular complexity index is 1010. The molecule has 3 rings (SSSR count). The fourth-order valence-electron chi connectivity index (χ4n) is 4.35. The molecule has 1 saturated heterocycles. The summed E-state index contributed by atoms with van der Waals surface area (Å²) >= 11 is 0. The average Bonchev–Trinajstić information content (AvgIpc) is 2.86. The van der Waals surface area contributed by atoms with E-state index in [2.05, 4.69) is 24.5 Å². The van der Waals surface area contributed by atoms with E-state index in [9.17, 15) is 14.4 Å². The first-order chi connectivity index (χ1) is 16.7. The van der Waals surface area contributed by atoms with Crippen LogP contribution in [0, 0.1) is 5.92 Å². The molecular formula is C28H38N4O3. The van der Waals surface area contributed by atoms with E-state index in [0.29, 0.717) is 36.8 Å². The van der Waals surface area contributed by atoms with E-state index in [4.69, 9.17) is 0 Å². The van der Waals surface area contributed by atoms with Crippen molar-refractivity contribution in [1.29, 1.82) is 0 Å². The Morgan fingerprint density at radius 3 is 2.20 bits per heavy atom. The molecule has 0 spiro atoms. The van der Waals surface area contributed by atoms with Crippen LogP contribution in [0.4, 0.5) is 10.5 Å². The third-order valence-electron chi connectivity index (χ3n) is 6.82. The van der Waals surface area contributed by atoms with Crippen LogP contribution < -0.4 is 10.6 Å². The number of anilines is 1. The van der Waals surface area contributed by atoms with Crippen LogP contribution in [0.3, 0.4) is 0 Å². The minimum Gasteiger partial charge on any atom is -0.337 e. The normalized spacial score (nSPS) is 17.6. The molecule has 7 heteroatoms. The predicted molar refractivity (Wildman–Crippen MR) is 139 cm³/mol. The Labute approximate surface area is 208 Å². The molecule has 3 unspecified atom stereocenters. The largest absolute Gasteiger partial charge is 0.337 e. The third-order valence-corrected chi connectivity index (χ3v) is 6.82. The second kappa shape index (κ2) is 11.9. The van der Waals surface area contributed by atoms with Crippen LogP contribution in [0.15, 0.2) is 54.6 Å². The van der Waals surface area contributed by atoms with Crippen LogP contribution >= 0.6 is 0 Å². The highest BCUT2D eigenvalue weighted by Gasteiger charge is 2.35. The number of carbonyl (C=O) groups is 3.